The van der Waals surface area contributed by atoms with Gasteiger partial charge in [-0.2, -0.15) is 0 Å². The summed E-state index contributed by atoms with van der Waals surface area (Å²) in [4.78, 5) is 1.07. The Morgan fingerprint density at radius 3 is 2.68 bits per heavy atom. The van der Waals surface area contributed by atoms with E-state index in [9.17, 15) is 8.42 Å². The van der Waals surface area contributed by atoms with E-state index in [0.29, 0.717) is 23.4 Å². The average Bonchev–Trinajstić information content (AvgIpc) is 2.78. The fraction of sp³-hybridized carbons (Fsp3) is 0.667. The van der Waals surface area contributed by atoms with Crippen molar-refractivity contribution in [1.82, 2.24) is 10.0 Å². The van der Waals surface area contributed by atoms with Crippen LogP contribution in [0.1, 0.15) is 18.7 Å². The van der Waals surface area contributed by atoms with Crippen LogP contribution in [0, 0.1) is 0 Å². The molecule has 0 spiro atoms. The fourth-order valence-electron chi connectivity index (χ4n) is 1.47. The molecule has 0 bridgehead atoms. The first-order valence-electron chi connectivity index (χ1n) is 6.26. The number of sulfonamides is 1. The molecule has 1 aromatic rings. The number of thiophene rings is 1. The number of ether oxygens (including phenoxy) is 1. The number of hydrogen-bond acceptors (Lipinski definition) is 5. The van der Waals surface area contributed by atoms with Gasteiger partial charge in [-0.1, -0.05) is 13.8 Å². The zero-order valence-corrected chi connectivity index (χ0v) is 13.2. The van der Waals surface area contributed by atoms with Gasteiger partial charge in [0.1, 0.15) is 4.21 Å². The van der Waals surface area contributed by atoms with E-state index in [-0.39, 0.29) is 0 Å². The van der Waals surface area contributed by atoms with Crippen LogP contribution in [0.4, 0.5) is 0 Å². The van der Waals surface area contributed by atoms with Crippen LogP contribution in [0.3, 0.4) is 0 Å². The van der Waals surface area contributed by atoms with E-state index in [1.165, 1.54) is 11.3 Å². The van der Waals surface area contributed by atoms with Crippen molar-refractivity contribution in [2.24, 2.45) is 0 Å². The molecule has 110 valence electrons. The Hall–Kier alpha value is -0.470. The summed E-state index contributed by atoms with van der Waals surface area (Å²) in [5, 5.41) is 3.31. The minimum Gasteiger partial charge on any atom is -0.383 e. The Morgan fingerprint density at radius 1 is 1.32 bits per heavy atom. The summed E-state index contributed by atoms with van der Waals surface area (Å²) in [6, 6.07) is 3.97. The van der Waals surface area contributed by atoms with Crippen LogP contribution in [-0.4, -0.2) is 41.3 Å². The summed E-state index contributed by atoms with van der Waals surface area (Å²) < 4.78 is 31.6. The highest BCUT2D eigenvalue weighted by atomic mass is 32.2. The summed E-state index contributed by atoms with van der Waals surface area (Å²) in [5.41, 5.74) is 0. The first-order chi connectivity index (χ1) is 8.95. The smallest absolute Gasteiger partial charge is 0.250 e. The Labute approximate surface area is 119 Å². The average molecular weight is 306 g/mol. The lowest BCUT2D eigenvalue weighted by Gasteiger charge is -2.06. The minimum atomic E-state index is -3.38. The van der Waals surface area contributed by atoms with Crippen LogP contribution < -0.4 is 10.0 Å². The Balaban J connectivity index is 2.53. The van der Waals surface area contributed by atoms with Crippen molar-refractivity contribution in [3.8, 4) is 0 Å². The third-order valence-corrected chi connectivity index (χ3v) is 5.52. The van der Waals surface area contributed by atoms with Gasteiger partial charge in [0.2, 0.25) is 10.0 Å². The van der Waals surface area contributed by atoms with E-state index < -0.39 is 10.0 Å². The van der Waals surface area contributed by atoms with Crippen molar-refractivity contribution in [3.05, 3.63) is 17.0 Å². The molecule has 0 unspecified atom stereocenters. The summed E-state index contributed by atoms with van der Waals surface area (Å²) in [6.07, 6.45) is 0.844. The molecule has 0 aliphatic heterocycles. The van der Waals surface area contributed by atoms with Crippen LogP contribution in [0.25, 0.3) is 0 Å². The highest BCUT2D eigenvalue weighted by molar-refractivity contribution is 7.91. The van der Waals surface area contributed by atoms with Gasteiger partial charge in [-0.15, -0.1) is 11.3 Å². The predicted molar refractivity (Wildman–Crippen MR) is 78.2 cm³/mol. The maximum atomic E-state index is 11.9. The van der Waals surface area contributed by atoms with Crippen LogP contribution in [0.2, 0.25) is 0 Å². The lowest BCUT2D eigenvalue weighted by Crippen LogP contribution is -2.26. The van der Waals surface area contributed by atoms with Crippen molar-refractivity contribution in [1.29, 1.82) is 0 Å². The van der Waals surface area contributed by atoms with E-state index in [2.05, 4.69) is 23.9 Å². The number of methoxy groups -OCH3 is 1. The third kappa shape index (κ3) is 6.01. The Kier molecular flexibility index (Phi) is 6.95. The van der Waals surface area contributed by atoms with Crippen molar-refractivity contribution in [3.63, 3.8) is 0 Å². The van der Waals surface area contributed by atoms with Crippen LogP contribution in [0.15, 0.2) is 16.3 Å². The van der Waals surface area contributed by atoms with E-state index in [1.54, 1.807) is 13.2 Å². The van der Waals surface area contributed by atoms with E-state index >= 15 is 0 Å². The number of rotatable bonds is 9. The number of nitrogens with one attached hydrogen (secondary N) is 2. The molecule has 0 fully saturated rings. The van der Waals surface area contributed by atoms with Gasteiger partial charge in [-0.05, 0) is 18.6 Å². The molecular weight excluding hydrogens is 284 g/mol. The first kappa shape index (κ1) is 16.6. The third-order valence-electron chi connectivity index (χ3n) is 2.42. The van der Waals surface area contributed by atoms with E-state index in [0.717, 1.165) is 17.8 Å². The monoisotopic (exact) mass is 306 g/mol. The normalized spacial score (nSPS) is 12.2. The second-order valence-corrected chi connectivity index (χ2v) is 7.63. The highest BCUT2D eigenvalue weighted by Crippen LogP contribution is 2.21. The molecule has 1 rings (SSSR count). The van der Waals surface area contributed by atoms with Crippen LogP contribution >= 0.6 is 11.3 Å². The van der Waals surface area contributed by atoms with Crippen molar-refractivity contribution >= 4 is 21.4 Å². The SMILES string of the molecule is COCCNS(=O)(=O)c1ccc(CCNC(C)C)s1. The standard InChI is InChI=1S/C12H22N2O3S2/c1-10(2)13-7-6-11-4-5-12(18-11)19(15,16)14-8-9-17-3/h4-5,10,13-14H,6-9H2,1-3H3. The van der Waals surface area contributed by atoms with Gasteiger partial charge in [0.05, 0.1) is 6.61 Å². The van der Waals surface area contributed by atoms with Crippen molar-refractivity contribution in [2.75, 3.05) is 26.8 Å². The molecule has 1 aromatic heterocycles. The van der Waals surface area contributed by atoms with Crippen LogP contribution in [-0.2, 0) is 21.2 Å². The second-order valence-electron chi connectivity index (χ2n) is 4.47. The molecule has 0 radical (unpaired) electrons. The first-order valence-corrected chi connectivity index (χ1v) is 8.56. The zero-order valence-electron chi connectivity index (χ0n) is 11.6. The molecule has 2 N–H and O–H groups in total. The van der Waals surface area contributed by atoms with Gasteiger partial charge >= 0.3 is 0 Å². The molecule has 19 heavy (non-hydrogen) atoms. The lowest BCUT2D eigenvalue weighted by atomic mass is 10.3. The fourth-order valence-corrected chi connectivity index (χ4v) is 3.88. The molecule has 0 amide bonds. The molecule has 5 nitrogen and oxygen atoms in total. The van der Waals surface area contributed by atoms with E-state index in [1.807, 2.05) is 6.07 Å². The molecule has 7 heteroatoms. The molecule has 0 atom stereocenters. The van der Waals surface area contributed by atoms with Crippen molar-refractivity contribution < 1.29 is 13.2 Å². The van der Waals surface area contributed by atoms with Gasteiger partial charge in [0, 0.05) is 31.1 Å². The van der Waals surface area contributed by atoms with Gasteiger partial charge in [-0.3, -0.25) is 0 Å². The lowest BCUT2D eigenvalue weighted by molar-refractivity contribution is 0.204. The summed E-state index contributed by atoms with van der Waals surface area (Å²) in [6.45, 7) is 5.69. The summed E-state index contributed by atoms with van der Waals surface area (Å²) in [5.74, 6) is 0. The molecule has 1 heterocycles. The zero-order chi connectivity index (χ0) is 14.3. The Bertz CT molecular complexity index is 469. The molecule has 0 saturated heterocycles. The second kappa shape index (κ2) is 7.96. The molecule has 0 aliphatic carbocycles. The largest absolute Gasteiger partial charge is 0.383 e. The molecule has 0 aromatic carbocycles. The Morgan fingerprint density at radius 2 is 2.05 bits per heavy atom. The molecule has 0 aliphatic rings. The maximum Gasteiger partial charge on any atom is 0.250 e. The highest BCUT2D eigenvalue weighted by Gasteiger charge is 2.15. The minimum absolute atomic E-state index is 0.293. The maximum absolute atomic E-state index is 11.9. The summed E-state index contributed by atoms with van der Waals surface area (Å²) >= 11 is 1.32. The quantitative estimate of drug-likeness (QED) is 0.673. The molecule has 0 saturated carbocycles. The summed E-state index contributed by atoms with van der Waals surface area (Å²) in [7, 11) is -1.84. The van der Waals surface area contributed by atoms with Gasteiger partial charge in [-0.25, -0.2) is 13.1 Å². The predicted octanol–water partition coefficient (Wildman–Crippen LogP) is 1.21. The molecular formula is C12H22N2O3S2. The van der Waals surface area contributed by atoms with Gasteiger partial charge < -0.3 is 10.1 Å². The number of hydrogen-bond donors (Lipinski definition) is 2. The van der Waals surface area contributed by atoms with Crippen LogP contribution in [0.5, 0.6) is 0 Å². The van der Waals surface area contributed by atoms with Gasteiger partial charge in [0.15, 0.2) is 0 Å². The topological polar surface area (TPSA) is 67.4 Å². The van der Waals surface area contributed by atoms with Gasteiger partial charge in [0.25, 0.3) is 0 Å². The van der Waals surface area contributed by atoms with Crippen molar-refractivity contribution in [2.45, 2.75) is 30.5 Å². The van der Waals surface area contributed by atoms with E-state index in [4.69, 9.17) is 4.74 Å².